The number of benzene rings is 1. The van der Waals surface area contributed by atoms with Crippen LogP contribution in [0.15, 0.2) is 34.9 Å². The van der Waals surface area contributed by atoms with Crippen molar-refractivity contribution in [2.75, 3.05) is 13.6 Å². The summed E-state index contributed by atoms with van der Waals surface area (Å²) < 4.78 is 5.31. The lowest BCUT2D eigenvalue weighted by Crippen LogP contribution is -2.19. The van der Waals surface area contributed by atoms with Crippen molar-refractivity contribution < 1.29 is 9.63 Å². The van der Waals surface area contributed by atoms with E-state index in [1.54, 1.807) is 0 Å². The molecule has 0 radical (unpaired) electrons. The second-order valence-electron chi connectivity index (χ2n) is 4.67. The standard InChI is InChI=1S/C13H15N3O2/c1-16-8-10(17)7-11(16)13-14-12(15-18-13)9-5-3-2-4-6-9/h2-6,10-11,17H,7-8H2,1H3/t10-,11+/m1/s1. The summed E-state index contributed by atoms with van der Waals surface area (Å²) in [5, 5.41) is 13.6. The van der Waals surface area contributed by atoms with Crippen LogP contribution in [0, 0.1) is 0 Å². The molecule has 2 atom stereocenters. The van der Waals surface area contributed by atoms with Gasteiger partial charge >= 0.3 is 0 Å². The van der Waals surface area contributed by atoms with Crippen LogP contribution in [0.3, 0.4) is 0 Å². The molecule has 1 N–H and O–H groups in total. The Bertz CT molecular complexity index is 526. The molecule has 1 aromatic carbocycles. The third-order valence-electron chi connectivity index (χ3n) is 3.28. The minimum Gasteiger partial charge on any atom is -0.392 e. The fourth-order valence-corrected chi connectivity index (χ4v) is 2.34. The van der Waals surface area contributed by atoms with E-state index in [9.17, 15) is 5.11 Å². The SMILES string of the molecule is CN1C[C@H](O)C[C@H]1c1nc(-c2ccccc2)no1. The molecule has 0 bridgehead atoms. The van der Waals surface area contributed by atoms with E-state index < -0.39 is 0 Å². The van der Waals surface area contributed by atoms with Crippen LogP contribution in [0.2, 0.25) is 0 Å². The van der Waals surface area contributed by atoms with E-state index >= 15 is 0 Å². The van der Waals surface area contributed by atoms with Crippen molar-refractivity contribution in [2.24, 2.45) is 0 Å². The number of hydrogen-bond donors (Lipinski definition) is 1. The van der Waals surface area contributed by atoms with E-state index in [1.807, 2.05) is 42.3 Å². The average Bonchev–Trinajstić information content (AvgIpc) is 2.97. The number of likely N-dealkylation sites (N-methyl/N-ethyl adjacent to an activating group) is 1. The molecule has 94 valence electrons. The molecule has 3 rings (SSSR count). The van der Waals surface area contributed by atoms with E-state index in [1.165, 1.54) is 0 Å². The lowest BCUT2D eigenvalue weighted by atomic mass is 10.2. The highest BCUT2D eigenvalue weighted by Crippen LogP contribution is 2.30. The first-order valence-electron chi connectivity index (χ1n) is 6.01. The third-order valence-corrected chi connectivity index (χ3v) is 3.28. The van der Waals surface area contributed by atoms with Crippen LogP contribution in [0.1, 0.15) is 18.4 Å². The number of hydrogen-bond acceptors (Lipinski definition) is 5. The van der Waals surface area contributed by atoms with Gasteiger partial charge in [-0.15, -0.1) is 0 Å². The van der Waals surface area contributed by atoms with Gasteiger partial charge < -0.3 is 9.63 Å². The van der Waals surface area contributed by atoms with Crippen LogP contribution in [-0.2, 0) is 0 Å². The third kappa shape index (κ3) is 2.02. The zero-order valence-corrected chi connectivity index (χ0v) is 10.2. The molecule has 5 heteroatoms. The molecule has 1 saturated heterocycles. The van der Waals surface area contributed by atoms with Gasteiger partial charge in [-0.2, -0.15) is 4.98 Å². The predicted octanol–water partition coefficient (Wildman–Crippen LogP) is 1.47. The number of nitrogens with zero attached hydrogens (tertiary/aromatic N) is 3. The Balaban J connectivity index is 1.86. The molecule has 0 unspecified atom stereocenters. The van der Waals surface area contributed by atoms with Gasteiger partial charge in [0, 0.05) is 12.1 Å². The average molecular weight is 245 g/mol. The van der Waals surface area contributed by atoms with Gasteiger partial charge in [0.25, 0.3) is 0 Å². The van der Waals surface area contributed by atoms with E-state index in [2.05, 4.69) is 10.1 Å². The van der Waals surface area contributed by atoms with Crippen LogP contribution in [0.25, 0.3) is 11.4 Å². The fourth-order valence-electron chi connectivity index (χ4n) is 2.34. The molecule has 1 aliphatic heterocycles. The molecule has 5 nitrogen and oxygen atoms in total. The summed E-state index contributed by atoms with van der Waals surface area (Å²) in [4.78, 5) is 6.45. The fraction of sp³-hybridized carbons (Fsp3) is 0.385. The summed E-state index contributed by atoms with van der Waals surface area (Å²) in [6, 6.07) is 9.74. The molecule has 0 saturated carbocycles. The lowest BCUT2D eigenvalue weighted by molar-refractivity contribution is 0.182. The van der Waals surface area contributed by atoms with Crippen molar-refractivity contribution in [3.05, 3.63) is 36.2 Å². The Morgan fingerprint density at radius 3 is 2.78 bits per heavy atom. The van der Waals surface area contributed by atoms with Gasteiger partial charge in [-0.25, -0.2) is 0 Å². The van der Waals surface area contributed by atoms with Crippen molar-refractivity contribution in [3.8, 4) is 11.4 Å². The van der Waals surface area contributed by atoms with Gasteiger partial charge in [0.2, 0.25) is 11.7 Å². The van der Waals surface area contributed by atoms with Gasteiger partial charge in [0.1, 0.15) is 0 Å². The van der Waals surface area contributed by atoms with E-state index in [0.29, 0.717) is 24.7 Å². The monoisotopic (exact) mass is 245 g/mol. The summed E-state index contributed by atoms with van der Waals surface area (Å²) in [6.45, 7) is 0.647. The van der Waals surface area contributed by atoms with Gasteiger partial charge in [0.15, 0.2) is 0 Å². The highest BCUT2D eigenvalue weighted by molar-refractivity contribution is 5.53. The molecule has 0 aliphatic carbocycles. The van der Waals surface area contributed by atoms with Crippen LogP contribution in [0.4, 0.5) is 0 Å². The second-order valence-corrected chi connectivity index (χ2v) is 4.67. The number of likely N-dealkylation sites (tertiary alicyclic amines) is 1. The normalized spacial score (nSPS) is 24.6. The largest absolute Gasteiger partial charge is 0.392 e. The Hall–Kier alpha value is -1.72. The van der Waals surface area contributed by atoms with Gasteiger partial charge in [-0.05, 0) is 13.5 Å². The summed E-state index contributed by atoms with van der Waals surface area (Å²) in [6.07, 6.45) is 0.333. The van der Waals surface area contributed by atoms with Gasteiger partial charge in [-0.3, -0.25) is 4.90 Å². The summed E-state index contributed by atoms with van der Waals surface area (Å²) in [5.41, 5.74) is 0.939. The van der Waals surface area contributed by atoms with E-state index in [0.717, 1.165) is 5.56 Å². The first-order chi connectivity index (χ1) is 8.74. The highest BCUT2D eigenvalue weighted by Gasteiger charge is 2.33. The lowest BCUT2D eigenvalue weighted by Gasteiger charge is -2.13. The number of β-amino-alcohol motifs (C(OH)–C–C–N with tert-alkyl or cyclic N) is 1. The topological polar surface area (TPSA) is 62.4 Å². The molecule has 18 heavy (non-hydrogen) atoms. The molecular weight excluding hydrogens is 230 g/mol. The molecule has 0 amide bonds. The molecule has 1 aliphatic rings. The van der Waals surface area contributed by atoms with Crippen molar-refractivity contribution in [2.45, 2.75) is 18.6 Å². The highest BCUT2D eigenvalue weighted by atomic mass is 16.5. The summed E-state index contributed by atoms with van der Waals surface area (Å²) in [7, 11) is 1.95. The molecule has 2 aromatic rings. The van der Waals surface area contributed by atoms with Crippen LogP contribution >= 0.6 is 0 Å². The predicted molar refractivity (Wildman–Crippen MR) is 65.7 cm³/mol. The first kappa shape index (κ1) is 11.4. The minimum absolute atomic E-state index is 0.0185. The van der Waals surface area contributed by atoms with Crippen molar-refractivity contribution in [3.63, 3.8) is 0 Å². The van der Waals surface area contributed by atoms with E-state index in [4.69, 9.17) is 4.52 Å². The smallest absolute Gasteiger partial charge is 0.244 e. The minimum atomic E-state index is -0.313. The quantitative estimate of drug-likeness (QED) is 0.868. The van der Waals surface area contributed by atoms with Crippen LogP contribution in [0.5, 0.6) is 0 Å². The maximum Gasteiger partial charge on any atom is 0.244 e. The molecule has 1 fully saturated rings. The zero-order chi connectivity index (χ0) is 12.5. The van der Waals surface area contributed by atoms with Crippen LogP contribution < -0.4 is 0 Å². The van der Waals surface area contributed by atoms with Crippen molar-refractivity contribution >= 4 is 0 Å². The van der Waals surface area contributed by atoms with Crippen molar-refractivity contribution in [1.82, 2.24) is 15.0 Å². The first-order valence-corrected chi connectivity index (χ1v) is 6.01. The van der Waals surface area contributed by atoms with E-state index in [-0.39, 0.29) is 12.1 Å². The summed E-state index contributed by atoms with van der Waals surface area (Å²) in [5.74, 6) is 1.17. The number of aromatic nitrogens is 2. The Morgan fingerprint density at radius 1 is 1.33 bits per heavy atom. The Morgan fingerprint density at radius 2 is 2.11 bits per heavy atom. The zero-order valence-electron chi connectivity index (χ0n) is 10.2. The Kier molecular flexibility index (Phi) is 2.85. The maximum absolute atomic E-state index is 9.62. The van der Waals surface area contributed by atoms with Crippen LogP contribution in [-0.4, -0.2) is 39.8 Å². The Labute approximate surface area is 105 Å². The van der Waals surface area contributed by atoms with Gasteiger partial charge in [-0.1, -0.05) is 35.5 Å². The maximum atomic E-state index is 9.62. The summed E-state index contributed by atoms with van der Waals surface area (Å²) >= 11 is 0. The number of aliphatic hydroxyl groups is 1. The number of aliphatic hydroxyl groups excluding tert-OH is 1. The second kappa shape index (κ2) is 4.51. The van der Waals surface area contributed by atoms with Crippen molar-refractivity contribution in [1.29, 1.82) is 0 Å². The number of rotatable bonds is 2. The molecular formula is C13H15N3O2. The molecule has 2 heterocycles. The molecule has 1 aromatic heterocycles. The van der Waals surface area contributed by atoms with Gasteiger partial charge in [0.05, 0.1) is 12.1 Å². The molecule has 0 spiro atoms.